The van der Waals surface area contributed by atoms with Gasteiger partial charge in [-0.05, 0) is 43.5 Å². The van der Waals surface area contributed by atoms with E-state index in [4.69, 9.17) is 0 Å². The molecule has 7 heteroatoms. The Kier molecular flexibility index (Phi) is 4.36. The molecule has 2 rings (SSSR count). The third kappa shape index (κ3) is 3.81. The monoisotopic (exact) mass is 312 g/mol. The number of benzene rings is 1. The van der Waals surface area contributed by atoms with Gasteiger partial charge in [-0.3, -0.25) is 4.79 Å². The van der Waals surface area contributed by atoms with E-state index in [0.717, 1.165) is 12.8 Å². The maximum absolute atomic E-state index is 12.3. The number of amides is 1. The van der Waals surface area contributed by atoms with E-state index < -0.39 is 10.0 Å². The van der Waals surface area contributed by atoms with Crippen molar-refractivity contribution in [2.24, 2.45) is 5.41 Å². The normalized spacial score (nSPS) is 16.5. The average Bonchev–Trinajstić information content (AvgIpc) is 3.16. The fourth-order valence-electron chi connectivity index (χ4n) is 2.13. The Labute approximate surface area is 124 Å². The van der Waals surface area contributed by atoms with Crippen molar-refractivity contribution >= 4 is 21.6 Å². The van der Waals surface area contributed by atoms with Crippen molar-refractivity contribution in [3.63, 3.8) is 0 Å². The molecule has 0 spiro atoms. The number of aliphatic hydroxyl groups is 1. The molecule has 0 unspecified atom stereocenters. The molecule has 6 nitrogen and oxygen atoms in total. The summed E-state index contributed by atoms with van der Waals surface area (Å²) < 4.78 is 27.1. The minimum atomic E-state index is -3.61. The van der Waals surface area contributed by atoms with Crippen LogP contribution in [0.15, 0.2) is 23.1 Å². The van der Waals surface area contributed by atoms with Crippen LogP contribution in [0.3, 0.4) is 0 Å². The Balaban J connectivity index is 2.14. The summed E-state index contributed by atoms with van der Waals surface area (Å²) >= 11 is 0. The van der Waals surface area contributed by atoms with Gasteiger partial charge in [-0.2, -0.15) is 0 Å². The van der Waals surface area contributed by atoms with Crippen LogP contribution >= 0.6 is 0 Å². The Bertz CT molecular complexity index is 651. The lowest BCUT2D eigenvalue weighted by atomic mass is 10.1. The van der Waals surface area contributed by atoms with Crippen LogP contribution in [0.5, 0.6) is 0 Å². The summed E-state index contributed by atoms with van der Waals surface area (Å²) in [5.41, 5.74) is 0.840. The van der Waals surface area contributed by atoms with E-state index in [9.17, 15) is 18.3 Å². The molecule has 1 aromatic carbocycles. The summed E-state index contributed by atoms with van der Waals surface area (Å²) in [6, 6.07) is 4.65. The number of nitrogens with one attached hydrogen (secondary N) is 2. The smallest absolute Gasteiger partial charge is 0.240 e. The first-order chi connectivity index (χ1) is 9.78. The lowest BCUT2D eigenvalue weighted by Gasteiger charge is -2.15. The second kappa shape index (κ2) is 5.75. The number of aryl methyl sites for hydroxylation is 1. The molecule has 0 radical (unpaired) electrons. The third-order valence-corrected chi connectivity index (χ3v) is 5.28. The molecule has 1 aromatic rings. The van der Waals surface area contributed by atoms with E-state index in [1.54, 1.807) is 19.1 Å². The molecule has 116 valence electrons. The number of carbonyl (C=O) groups excluding carboxylic acids is 1. The molecule has 1 saturated carbocycles. The second-order valence-electron chi connectivity index (χ2n) is 5.64. The van der Waals surface area contributed by atoms with Crippen LogP contribution in [0.1, 0.15) is 25.3 Å². The predicted octanol–water partition coefficient (Wildman–Crippen LogP) is 1.00. The average molecular weight is 312 g/mol. The van der Waals surface area contributed by atoms with Gasteiger partial charge < -0.3 is 10.4 Å². The minimum Gasteiger partial charge on any atom is -0.396 e. The molecule has 0 saturated heterocycles. The highest BCUT2D eigenvalue weighted by Gasteiger charge is 2.42. The van der Waals surface area contributed by atoms with Gasteiger partial charge in [-0.15, -0.1) is 0 Å². The van der Waals surface area contributed by atoms with Crippen molar-refractivity contribution in [1.82, 2.24) is 4.72 Å². The highest BCUT2D eigenvalue weighted by Crippen LogP contribution is 2.44. The molecular formula is C14H20N2O4S. The van der Waals surface area contributed by atoms with Gasteiger partial charge in [-0.25, -0.2) is 13.1 Å². The molecule has 1 fully saturated rings. The largest absolute Gasteiger partial charge is 0.396 e. The number of sulfonamides is 1. The molecule has 0 aromatic heterocycles. The maximum atomic E-state index is 12.3. The van der Waals surface area contributed by atoms with Crippen LogP contribution in [-0.2, 0) is 14.8 Å². The van der Waals surface area contributed by atoms with Crippen LogP contribution in [0.2, 0.25) is 0 Å². The van der Waals surface area contributed by atoms with E-state index >= 15 is 0 Å². The molecule has 1 amide bonds. The molecule has 3 N–H and O–H groups in total. The van der Waals surface area contributed by atoms with Crippen LogP contribution in [-0.4, -0.2) is 32.6 Å². The van der Waals surface area contributed by atoms with Crippen LogP contribution in [0.4, 0.5) is 5.69 Å². The number of carbonyl (C=O) groups is 1. The lowest BCUT2D eigenvalue weighted by Crippen LogP contribution is -2.32. The molecular weight excluding hydrogens is 292 g/mol. The van der Waals surface area contributed by atoms with Crippen molar-refractivity contribution in [3.05, 3.63) is 23.8 Å². The van der Waals surface area contributed by atoms with E-state index in [1.165, 1.54) is 13.0 Å². The predicted molar refractivity (Wildman–Crippen MR) is 79.4 cm³/mol. The fraction of sp³-hybridized carbons (Fsp3) is 0.500. The van der Waals surface area contributed by atoms with Gasteiger partial charge in [0.2, 0.25) is 15.9 Å². The van der Waals surface area contributed by atoms with Gasteiger partial charge in [0.25, 0.3) is 0 Å². The zero-order valence-corrected chi connectivity index (χ0v) is 13.0. The maximum Gasteiger partial charge on any atom is 0.240 e. The molecule has 0 heterocycles. The van der Waals surface area contributed by atoms with Gasteiger partial charge in [0.15, 0.2) is 0 Å². The summed E-state index contributed by atoms with van der Waals surface area (Å²) in [4.78, 5) is 11.2. The first-order valence-electron chi connectivity index (χ1n) is 6.77. The molecule has 0 aliphatic heterocycles. The summed E-state index contributed by atoms with van der Waals surface area (Å²) in [6.07, 6.45) is 1.68. The Morgan fingerprint density at radius 2 is 2.05 bits per heavy atom. The van der Waals surface area contributed by atoms with Crippen molar-refractivity contribution in [3.8, 4) is 0 Å². The fourth-order valence-corrected chi connectivity index (χ4v) is 3.51. The van der Waals surface area contributed by atoms with Gasteiger partial charge in [0, 0.05) is 31.2 Å². The van der Waals surface area contributed by atoms with E-state index in [-0.39, 0.29) is 29.4 Å². The first-order valence-corrected chi connectivity index (χ1v) is 8.25. The van der Waals surface area contributed by atoms with Crippen molar-refractivity contribution < 1.29 is 18.3 Å². The molecule has 1 aliphatic rings. The van der Waals surface area contributed by atoms with Crippen LogP contribution < -0.4 is 10.0 Å². The van der Waals surface area contributed by atoms with Crippen LogP contribution in [0.25, 0.3) is 0 Å². The number of hydrogen-bond donors (Lipinski definition) is 3. The Hall–Kier alpha value is -1.44. The van der Waals surface area contributed by atoms with Crippen molar-refractivity contribution in [2.45, 2.75) is 31.6 Å². The number of hydrogen-bond acceptors (Lipinski definition) is 4. The van der Waals surface area contributed by atoms with Crippen LogP contribution in [0, 0.1) is 12.3 Å². The highest BCUT2D eigenvalue weighted by atomic mass is 32.2. The summed E-state index contributed by atoms with van der Waals surface area (Å²) in [7, 11) is -3.61. The number of anilines is 1. The SMILES string of the molecule is CC(=O)Nc1ccc(S(=O)(=O)NCC2(CO)CC2)c(C)c1. The molecule has 21 heavy (non-hydrogen) atoms. The van der Waals surface area contributed by atoms with E-state index in [1.807, 2.05) is 0 Å². The van der Waals surface area contributed by atoms with Gasteiger partial charge in [0.1, 0.15) is 0 Å². The summed E-state index contributed by atoms with van der Waals surface area (Å²) in [5.74, 6) is -0.207. The molecule has 0 atom stereocenters. The van der Waals surface area contributed by atoms with Crippen molar-refractivity contribution in [1.29, 1.82) is 0 Å². The summed E-state index contributed by atoms with van der Waals surface area (Å²) in [6.45, 7) is 3.32. The number of aliphatic hydroxyl groups excluding tert-OH is 1. The third-order valence-electron chi connectivity index (χ3n) is 3.71. The standard InChI is InChI=1S/C14H20N2O4S/c1-10-7-12(16-11(2)18)3-4-13(10)21(19,20)15-8-14(9-17)5-6-14/h3-4,7,15,17H,5-6,8-9H2,1-2H3,(H,16,18). The number of rotatable bonds is 6. The zero-order chi connectivity index (χ0) is 15.7. The molecule has 0 bridgehead atoms. The van der Waals surface area contributed by atoms with E-state index in [2.05, 4.69) is 10.0 Å². The molecule has 1 aliphatic carbocycles. The van der Waals surface area contributed by atoms with Gasteiger partial charge >= 0.3 is 0 Å². The highest BCUT2D eigenvalue weighted by molar-refractivity contribution is 7.89. The topological polar surface area (TPSA) is 95.5 Å². The summed E-state index contributed by atoms with van der Waals surface area (Å²) in [5, 5.41) is 11.8. The zero-order valence-electron chi connectivity index (χ0n) is 12.1. The Morgan fingerprint density at radius 3 is 2.52 bits per heavy atom. The first kappa shape index (κ1) is 15.9. The second-order valence-corrected chi connectivity index (χ2v) is 7.38. The van der Waals surface area contributed by atoms with Gasteiger partial charge in [0.05, 0.1) is 4.90 Å². The quantitative estimate of drug-likeness (QED) is 0.730. The van der Waals surface area contributed by atoms with Crippen molar-refractivity contribution in [2.75, 3.05) is 18.5 Å². The van der Waals surface area contributed by atoms with E-state index in [0.29, 0.717) is 11.3 Å². The lowest BCUT2D eigenvalue weighted by molar-refractivity contribution is -0.114. The minimum absolute atomic E-state index is 0.00400. The Morgan fingerprint density at radius 1 is 1.38 bits per heavy atom. The van der Waals surface area contributed by atoms with Gasteiger partial charge in [-0.1, -0.05) is 0 Å².